The van der Waals surface area contributed by atoms with Gasteiger partial charge in [-0.25, -0.2) is 18.0 Å². The molecule has 2 aromatic carbocycles. The fourth-order valence-corrected chi connectivity index (χ4v) is 4.23. The highest BCUT2D eigenvalue weighted by molar-refractivity contribution is 7.92. The monoisotopic (exact) mass is 512 g/mol. The summed E-state index contributed by atoms with van der Waals surface area (Å²) in [6, 6.07) is 17.3. The summed E-state index contributed by atoms with van der Waals surface area (Å²) in [6.45, 7) is 1.86. The number of benzene rings is 2. The Kier molecular flexibility index (Phi) is 8.15. The van der Waals surface area contributed by atoms with E-state index in [0.717, 1.165) is 17.4 Å². The molecule has 0 fully saturated rings. The number of methoxy groups -OCH3 is 1. The summed E-state index contributed by atoms with van der Waals surface area (Å²) in [5.74, 6) is 0. The van der Waals surface area contributed by atoms with Gasteiger partial charge in [-0.2, -0.15) is 0 Å². The van der Waals surface area contributed by atoms with E-state index in [0.29, 0.717) is 17.1 Å². The van der Waals surface area contributed by atoms with Gasteiger partial charge in [0.15, 0.2) is 0 Å². The van der Waals surface area contributed by atoms with Crippen LogP contribution in [0, 0.1) is 0 Å². The van der Waals surface area contributed by atoms with Crippen LogP contribution in [0.15, 0.2) is 73.1 Å². The Morgan fingerprint density at radius 3 is 2.11 bits per heavy atom. The van der Waals surface area contributed by atoms with Crippen molar-refractivity contribution in [1.29, 1.82) is 0 Å². The van der Waals surface area contributed by atoms with Crippen molar-refractivity contribution >= 4 is 39.3 Å². The summed E-state index contributed by atoms with van der Waals surface area (Å²) < 4.78 is 29.4. The van der Waals surface area contributed by atoms with Gasteiger partial charge in [-0.05, 0) is 54.4 Å². The molecule has 1 N–H and O–H groups in total. The third-order valence-electron chi connectivity index (χ3n) is 5.64. The van der Waals surface area contributed by atoms with E-state index in [9.17, 15) is 23.1 Å². The van der Waals surface area contributed by atoms with Crippen LogP contribution < -0.4 is 14.1 Å². The lowest BCUT2D eigenvalue weighted by atomic mass is 10.0. The topological polar surface area (TPSA) is 120 Å². The highest BCUT2D eigenvalue weighted by atomic mass is 32.2. The molecule has 0 radical (unpaired) electrons. The van der Waals surface area contributed by atoms with E-state index in [1.807, 2.05) is 18.2 Å². The first-order valence-electron chi connectivity index (χ1n) is 11.0. The van der Waals surface area contributed by atoms with E-state index in [1.165, 1.54) is 28.3 Å². The number of carbonyl (C=O) groups is 2. The predicted molar refractivity (Wildman–Crippen MR) is 139 cm³/mol. The lowest BCUT2D eigenvalue weighted by Gasteiger charge is -2.39. The van der Waals surface area contributed by atoms with E-state index in [-0.39, 0.29) is 6.54 Å². The van der Waals surface area contributed by atoms with Crippen molar-refractivity contribution in [3.63, 3.8) is 0 Å². The van der Waals surface area contributed by atoms with E-state index in [1.54, 1.807) is 61.8 Å². The summed E-state index contributed by atoms with van der Waals surface area (Å²) in [7, 11) is -0.624. The second-order valence-corrected chi connectivity index (χ2v) is 10.1. The minimum Gasteiger partial charge on any atom is -0.465 e. The van der Waals surface area contributed by atoms with Gasteiger partial charge in [-0.3, -0.25) is 19.1 Å². The molecule has 36 heavy (non-hydrogen) atoms. The van der Waals surface area contributed by atoms with Crippen LogP contribution in [0.2, 0.25) is 0 Å². The molecule has 2 amide bonds. The van der Waals surface area contributed by atoms with Crippen molar-refractivity contribution in [2.45, 2.75) is 13.0 Å². The molecule has 0 bridgehead atoms. The number of anilines is 3. The number of ether oxygens (including phenoxy) is 1. The van der Waals surface area contributed by atoms with Gasteiger partial charge in [0.25, 0.3) is 0 Å². The molecular weight excluding hydrogens is 484 g/mol. The zero-order valence-corrected chi connectivity index (χ0v) is 21.2. The molecule has 3 aromatic rings. The summed E-state index contributed by atoms with van der Waals surface area (Å²) in [5, 5.41) is 9.65. The quantitative estimate of drug-likeness (QED) is 0.556. The summed E-state index contributed by atoms with van der Waals surface area (Å²) >= 11 is 0. The van der Waals surface area contributed by atoms with Crippen LogP contribution in [0.3, 0.4) is 0 Å². The molecule has 1 atom stereocenters. The number of sulfonamides is 1. The molecule has 2 heterocycles. The average molecular weight is 513 g/mol. The first-order valence-corrected chi connectivity index (χ1v) is 12.8. The maximum absolute atomic E-state index is 12.2. The number of hydrogen-bond acceptors (Lipinski definition) is 6. The largest absolute Gasteiger partial charge is 0.465 e. The van der Waals surface area contributed by atoms with Crippen LogP contribution in [-0.2, 0) is 14.8 Å². The van der Waals surface area contributed by atoms with Crippen molar-refractivity contribution in [1.82, 2.24) is 4.98 Å². The lowest BCUT2D eigenvalue weighted by molar-refractivity contribution is 0.175. The van der Waals surface area contributed by atoms with Crippen LogP contribution in [0.25, 0.3) is 11.1 Å². The number of fused-ring (bicyclic) bond motifs is 1. The van der Waals surface area contributed by atoms with Crippen LogP contribution in [0.1, 0.15) is 6.92 Å². The van der Waals surface area contributed by atoms with Gasteiger partial charge in [0, 0.05) is 19.4 Å². The Morgan fingerprint density at radius 1 is 1.03 bits per heavy atom. The number of pyridine rings is 1. The van der Waals surface area contributed by atoms with E-state index in [2.05, 4.69) is 4.98 Å². The van der Waals surface area contributed by atoms with Crippen molar-refractivity contribution in [2.75, 3.05) is 41.1 Å². The Morgan fingerprint density at radius 2 is 1.64 bits per heavy atom. The Hall–Kier alpha value is -4.12. The molecular formula is C25H28N4O6S. The minimum atomic E-state index is -3.37. The van der Waals surface area contributed by atoms with Crippen LogP contribution >= 0.6 is 0 Å². The van der Waals surface area contributed by atoms with Crippen molar-refractivity contribution in [3.05, 3.63) is 73.1 Å². The number of aromatic nitrogens is 1. The minimum absolute atomic E-state index is 0.110. The van der Waals surface area contributed by atoms with Crippen LogP contribution in [-0.4, -0.2) is 63.7 Å². The molecule has 1 aliphatic rings. The van der Waals surface area contributed by atoms with Gasteiger partial charge in [-0.1, -0.05) is 24.3 Å². The van der Waals surface area contributed by atoms with Gasteiger partial charge >= 0.3 is 12.2 Å². The van der Waals surface area contributed by atoms with Gasteiger partial charge in [0.05, 0.1) is 43.0 Å². The highest BCUT2D eigenvalue weighted by Gasteiger charge is 2.35. The summed E-state index contributed by atoms with van der Waals surface area (Å²) in [5.41, 5.74) is 2.84. The molecule has 11 heteroatoms. The highest BCUT2D eigenvalue weighted by Crippen LogP contribution is 2.39. The van der Waals surface area contributed by atoms with Gasteiger partial charge in [0.2, 0.25) is 10.0 Å². The van der Waals surface area contributed by atoms with Gasteiger partial charge in [-0.15, -0.1) is 0 Å². The standard InChI is InChI=1S/C20H23N3O6S.C5H5N/c1-13-12-22(19(24)25)18-11-15(7-10-17(18)23(13)20(26)29-3)14-5-8-16(9-6-14)21(2)30(4,27)28;1-2-4-6-5-3-1/h5-11,13H,12H2,1-4H3,(H,24,25);1-5H/t13-;/m0./s1. The van der Waals surface area contributed by atoms with Crippen LogP contribution in [0.4, 0.5) is 26.7 Å². The molecule has 4 rings (SSSR count). The molecule has 0 unspecified atom stereocenters. The number of hydrogen-bond donors (Lipinski definition) is 1. The van der Waals surface area contributed by atoms with Crippen LogP contribution in [0.5, 0.6) is 0 Å². The summed E-state index contributed by atoms with van der Waals surface area (Å²) in [4.78, 5) is 30.5. The number of carboxylic acid groups (broad SMARTS) is 1. The van der Waals surface area contributed by atoms with Gasteiger partial charge < -0.3 is 9.84 Å². The molecule has 1 aromatic heterocycles. The Labute approximate surface area is 210 Å². The zero-order chi connectivity index (χ0) is 26.5. The third-order valence-corrected chi connectivity index (χ3v) is 6.85. The van der Waals surface area contributed by atoms with Crippen molar-refractivity contribution in [2.24, 2.45) is 0 Å². The predicted octanol–water partition coefficient (Wildman–Crippen LogP) is 4.29. The third kappa shape index (κ3) is 5.92. The lowest BCUT2D eigenvalue weighted by Crippen LogP contribution is -2.51. The molecule has 10 nitrogen and oxygen atoms in total. The number of amides is 2. The van der Waals surface area contributed by atoms with E-state index >= 15 is 0 Å². The number of nitrogens with zero attached hydrogens (tertiary/aromatic N) is 4. The second kappa shape index (κ2) is 11.1. The number of rotatable bonds is 3. The first-order chi connectivity index (χ1) is 17.0. The van der Waals surface area contributed by atoms with Gasteiger partial charge in [0.1, 0.15) is 0 Å². The second-order valence-electron chi connectivity index (χ2n) is 8.09. The molecule has 0 spiro atoms. The Bertz CT molecular complexity index is 1290. The maximum atomic E-state index is 12.2. The summed E-state index contributed by atoms with van der Waals surface area (Å²) in [6.07, 6.45) is 2.95. The fourth-order valence-electron chi connectivity index (χ4n) is 3.73. The van der Waals surface area contributed by atoms with Crippen molar-refractivity contribution in [3.8, 4) is 11.1 Å². The molecule has 0 aliphatic carbocycles. The SMILES string of the molecule is COC(=O)N1c2ccc(-c3ccc(N(C)S(C)(=O)=O)cc3)cc2N(C(=O)O)C[C@@H]1C.c1ccncc1. The molecule has 190 valence electrons. The van der Waals surface area contributed by atoms with Crippen molar-refractivity contribution < 1.29 is 27.9 Å². The average Bonchev–Trinajstić information content (AvgIpc) is 2.88. The Balaban J connectivity index is 0.000000526. The molecule has 0 saturated heterocycles. The van der Waals surface area contributed by atoms with E-state index < -0.39 is 28.3 Å². The normalized spacial score (nSPS) is 14.7. The van der Waals surface area contributed by atoms with E-state index in [4.69, 9.17) is 4.74 Å². The fraction of sp³-hybridized carbons (Fsp3) is 0.240. The smallest absolute Gasteiger partial charge is 0.414 e. The molecule has 1 aliphatic heterocycles. The molecule has 0 saturated carbocycles. The zero-order valence-electron chi connectivity index (χ0n) is 20.4. The number of carbonyl (C=O) groups excluding carboxylic acids is 1. The first kappa shape index (κ1) is 26.5. The maximum Gasteiger partial charge on any atom is 0.414 e.